The van der Waals surface area contributed by atoms with E-state index in [0.29, 0.717) is 11.5 Å². The van der Waals surface area contributed by atoms with Crippen LogP contribution in [0.1, 0.15) is 28.4 Å². The second-order valence-electron chi connectivity index (χ2n) is 5.82. The van der Waals surface area contributed by atoms with Crippen molar-refractivity contribution in [3.8, 4) is 0 Å². The van der Waals surface area contributed by atoms with Crippen molar-refractivity contribution in [2.75, 3.05) is 18.0 Å². The van der Waals surface area contributed by atoms with E-state index in [-0.39, 0.29) is 11.9 Å². The molecule has 2 aromatic rings. The highest BCUT2D eigenvalue weighted by molar-refractivity contribution is 6.30. The Morgan fingerprint density at radius 3 is 2.70 bits per heavy atom. The molecule has 5 nitrogen and oxygen atoms in total. The van der Waals surface area contributed by atoms with Crippen molar-refractivity contribution in [1.82, 2.24) is 15.3 Å². The van der Waals surface area contributed by atoms with Crippen molar-refractivity contribution < 1.29 is 4.79 Å². The van der Waals surface area contributed by atoms with Crippen LogP contribution in [0.15, 0.2) is 30.3 Å². The molecule has 1 aliphatic rings. The highest BCUT2D eigenvalue weighted by Crippen LogP contribution is 2.22. The third-order valence-corrected chi connectivity index (χ3v) is 4.17. The minimum absolute atomic E-state index is 0.119. The first-order chi connectivity index (χ1) is 11.0. The summed E-state index contributed by atoms with van der Waals surface area (Å²) in [5.74, 6) is 0.478. The summed E-state index contributed by atoms with van der Waals surface area (Å²) < 4.78 is 0. The summed E-state index contributed by atoms with van der Waals surface area (Å²) in [7, 11) is 0. The number of nitrogens with zero attached hydrogens (tertiary/aromatic N) is 3. The summed E-state index contributed by atoms with van der Waals surface area (Å²) in [5.41, 5.74) is 2.36. The highest BCUT2D eigenvalue weighted by atomic mass is 35.5. The third-order valence-electron chi connectivity index (χ3n) is 3.91. The summed E-state index contributed by atoms with van der Waals surface area (Å²) in [6.07, 6.45) is 0.914. The zero-order valence-electron chi connectivity index (χ0n) is 13.2. The molecule has 120 valence electrons. The SMILES string of the molecule is Cc1cc(C(=O)NC2CCN(c3ccc(Cl)cc3)C2)nc(C)n1. The van der Waals surface area contributed by atoms with Crippen LogP contribution < -0.4 is 10.2 Å². The molecule has 0 bridgehead atoms. The van der Waals surface area contributed by atoms with Gasteiger partial charge >= 0.3 is 0 Å². The van der Waals surface area contributed by atoms with Crippen LogP contribution in [-0.2, 0) is 0 Å². The molecule has 1 aromatic heterocycles. The quantitative estimate of drug-likeness (QED) is 0.940. The van der Waals surface area contributed by atoms with Crippen molar-refractivity contribution >= 4 is 23.2 Å². The Kier molecular flexibility index (Phi) is 4.48. The van der Waals surface area contributed by atoms with Gasteiger partial charge in [-0.15, -0.1) is 0 Å². The van der Waals surface area contributed by atoms with Crippen molar-refractivity contribution in [2.45, 2.75) is 26.3 Å². The van der Waals surface area contributed by atoms with Gasteiger partial charge in [0, 0.05) is 35.5 Å². The Hall–Kier alpha value is -2.14. The van der Waals surface area contributed by atoms with Crippen molar-refractivity contribution in [3.05, 3.63) is 52.6 Å². The number of hydrogen-bond acceptors (Lipinski definition) is 4. The number of aryl methyl sites for hydroxylation is 2. The molecule has 0 radical (unpaired) electrons. The lowest BCUT2D eigenvalue weighted by atomic mass is 10.2. The fourth-order valence-electron chi connectivity index (χ4n) is 2.86. The first kappa shape index (κ1) is 15.7. The molecule has 3 rings (SSSR count). The van der Waals surface area contributed by atoms with Crippen LogP contribution in [0.25, 0.3) is 0 Å². The Labute approximate surface area is 140 Å². The van der Waals surface area contributed by atoms with Crippen LogP contribution in [0.2, 0.25) is 5.02 Å². The van der Waals surface area contributed by atoms with E-state index in [4.69, 9.17) is 11.6 Å². The van der Waals surface area contributed by atoms with E-state index in [0.717, 1.165) is 35.9 Å². The van der Waals surface area contributed by atoms with Crippen LogP contribution in [-0.4, -0.2) is 35.0 Å². The molecule has 2 heterocycles. The fraction of sp³-hybridized carbons (Fsp3) is 0.353. The van der Waals surface area contributed by atoms with Gasteiger partial charge in [-0.2, -0.15) is 0 Å². The van der Waals surface area contributed by atoms with Gasteiger partial charge in [-0.05, 0) is 50.6 Å². The van der Waals surface area contributed by atoms with E-state index in [2.05, 4.69) is 20.2 Å². The van der Waals surface area contributed by atoms with E-state index in [9.17, 15) is 4.79 Å². The number of benzene rings is 1. The predicted octanol–water partition coefficient (Wildman–Crippen LogP) is 2.76. The molecule has 6 heteroatoms. The van der Waals surface area contributed by atoms with E-state index in [1.165, 1.54) is 0 Å². The zero-order chi connectivity index (χ0) is 16.4. The molecular weight excluding hydrogens is 312 g/mol. The fourth-order valence-corrected chi connectivity index (χ4v) is 2.98. The van der Waals surface area contributed by atoms with Crippen LogP contribution in [0, 0.1) is 13.8 Å². The smallest absolute Gasteiger partial charge is 0.270 e. The summed E-state index contributed by atoms with van der Waals surface area (Å²) in [4.78, 5) is 23.0. The van der Waals surface area contributed by atoms with Gasteiger partial charge in [0.1, 0.15) is 11.5 Å². The Morgan fingerprint density at radius 2 is 2.00 bits per heavy atom. The number of hydrogen-bond donors (Lipinski definition) is 1. The molecule has 1 fully saturated rings. The molecule has 1 atom stereocenters. The lowest BCUT2D eigenvalue weighted by Crippen LogP contribution is -2.37. The van der Waals surface area contributed by atoms with Crippen LogP contribution in [0.5, 0.6) is 0 Å². The Morgan fingerprint density at radius 1 is 1.26 bits per heavy atom. The van der Waals surface area contributed by atoms with Crippen LogP contribution in [0.4, 0.5) is 5.69 Å². The van der Waals surface area contributed by atoms with Crippen molar-refractivity contribution in [2.24, 2.45) is 0 Å². The van der Waals surface area contributed by atoms with Crippen molar-refractivity contribution in [3.63, 3.8) is 0 Å². The van der Waals surface area contributed by atoms with E-state index in [1.54, 1.807) is 13.0 Å². The maximum Gasteiger partial charge on any atom is 0.270 e. The molecule has 0 spiro atoms. The minimum atomic E-state index is -0.137. The van der Waals surface area contributed by atoms with Gasteiger partial charge in [0.25, 0.3) is 5.91 Å². The molecule has 1 saturated heterocycles. The largest absolute Gasteiger partial charge is 0.369 e. The van der Waals surface area contributed by atoms with Gasteiger partial charge in [0.15, 0.2) is 0 Å². The molecule has 1 N–H and O–H groups in total. The lowest BCUT2D eigenvalue weighted by Gasteiger charge is -2.19. The number of amides is 1. The van der Waals surface area contributed by atoms with Gasteiger partial charge in [-0.3, -0.25) is 4.79 Å². The van der Waals surface area contributed by atoms with E-state index >= 15 is 0 Å². The number of anilines is 1. The average molecular weight is 331 g/mol. The second kappa shape index (κ2) is 6.54. The topological polar surface area (TPSA) is 58.1 Å². The number of carbonyl (C=O) groups is 1. The Bertz CT molecular complexity index is 697. The highest BCUT2D eigenvalue weighted by Gasteiger charge is 2.25. The summed E-state index contributed by atoms with van der Waals surface area (Å²) >= 11 is 5.92. The molecule has 1 amide bonds. The molecule has 23 heavy (non-hydrogen) atoms. The van der Waals surface area contributed by atoms with Gasteiger partial charge in [-0.25, -0.2) is 9.97 Å². The van der Waals surface area contributed by atoms with Crippen LogP contribution in [0.3, 0.4) is 0 Å². The molecule has 1 aromatic carbocycles. The van der Waals surface area contributed by atoms with Crippen LogP contribution >= 0.6 is 11.6 Å². The van der Waals surface area contributed by atoms with Gasteiger partial charge < -0.3 is 10.2 Å². The first-order valence-corrected chi connectivity index (χ1v) is 8.03. The zero-order valence-corrected chi connectivity index (χ0v) is 14.0. The van der Waals surface area contributed by atoms with Gasteiger partial charge in [0.05, 0.1) is 0 Å². The maximum atomic E-state index is 12.4. The second-order valence-corrected chi connectivity index (χ2v) is 6.26. The number of halogens is 1. The van der Waals surface area contributed by atoms with Gasteiger partial charge in [-0.1, -0.05) is 11.6 Å². The van der Waals surface area contributed by atoms with E-state index < -0.39 is 0 Å². The maximum absolute atomic E-state index is 12.4. The number of rotatable bonds is 3. The lowest BCUT2D eigenvalue weighted by molar-refractivity contribution is 0.0935. The third kappa shape index (κ3) is 3.79. The number of nitrogens with one attached hydrogen (secondary N) is 1. The van der Waals surface area contributed by atoms with Gasteiger partial charge in [0.2, 0.25) is 0 Å². The average Bonchev–Trinajstić information content (AvgIpc) is 2.95. The summed E-state index contributed by atoms with van der Waals surface area (Å²) in [6, 6.07) is 9.61. The first-order valence-electron chi connectivity index (χ1n) is 7.65. The molecule has 0 saturated carbocycles. The Balaban J connectivity index is 1.63. The summed E-state index contributed by atoms with van der Waals surface area (Å²) in [6.45, 7) is 5.36. The summed E-state index contributed by atoms with van der Waals surface area (Å²) in [5, 5.41) is 3.79. The normalized spacial score (nSPS) is 17.3. The predicted molar refractivity (Wildman–Crippen MR) is 91.0 cm³/mol. The number of aromatic nitrogens is 2. The molecule has 1 unspecified atom stereocenters. The minimum Gasteiger partial charge on any atom is -0.369 e. The van der Waals surface area contributed by atoms with Crippen molar-refractivity contribution in [1.29, 1.82) is 0 Å². The number of carbonyl (C=O) groups excluding carboxylic acids is 1. The standard InChI is InChI=1S/C17H19ClN4O/c1-11-9-16(20-12(2)19-11)17(23)21-14-7-8-22(10-14)15-5-3-13(18)4-6-15/h3-6,9,14H,7-8,10H2,1-2H3,(H,21,23). The van der Waals surface area contributed by atoms with E-state index in [1.807, 2.05) is 31.2 Å². The molecular formula is C17H19ClN4O. The molecule has 1 aliphatic heterocycles. The monoisotopic (exact) mass is 330 g/mol. The molecule has 0 aliphatic carbocycles.